The molecular weight excluding hydrogens is 212 g/mol. The lowest BCUT2D eigenvalue weighted by Crippen LogP contribution is -2.43. The van der Waals surface area contributed by atoms with Gasteiger partial charge in [0.1, 0.15) is 5.82 Å². The van der Waals surface area contributed by atoms with Gasteiger partial charge in [-0.2, -0.15) is 0 Å². The minimum Gasteiger partial charge on any atom is -0.334 e. The Hall–Kier alpha value is -0.870. The first-order valence-corrected chi connectivity index (χ1v) is 6.53. The number of rotatable bonds is 4. The van der Waals surface area contributed by atoms with E-state index in [1.54, 1.807) is 0 Å². The molecule has 2 heterocycles. The summed E-state index contributed by atoms with van der Waals surface area (Å²) in [6.07, 6.45) is 6.39. The molecule has 0 amide bonds. The number of nitrogens with zero attached hydrogens (tertiary/aromatic N) is 3. The Morgan fingerprint density at radius 1 is 1.35 bits per heavy atom. The third-order valence-corrected chi connectivity index (χ3v) is 4.14. The number of nitrogens with two attached hydrogens (primary N) is 1. The van der Waals surface area contributed by atoms with Crippen LogP contribution in [0.25, 0.3) is 0 Å². The molecular formula is C13H24N4. The van der Waals surface area contributed by atoms with Crippen LogP contribution in [0.1, 0.15) is 25.6 Å². The Labute approximate surface area is 104 Å². The number of aromatic nitrogens is 2. The summed E-state index contributed by atoms with van der Waals surface area (Å²) in [5.41, 5.74) is 6.20. The summed E-state index contributed by atoms with van der Waals surface area (Å²) in [5.74, 6) is 1.11. The van der Waals surface area contributed by atoms with Gasteiger partial charge in [-0.1, -0.05) is 6.92 Å². The fraction of sp³-hybridized carbons (Fsp3) is 0.769. The molecule has 0 bridgehead atoms. The topological polar surface area (TPSA) is 47.1 Å². The molecule has 1 fully saturated rings. The zero-order valence-corrected chi connectivity index (χ0v) is 11.0. The van der Waals surface area contributed by atoms with Crippen molar-refractivity contribution in [1.29, 1.82) is 0 Å². The molecule has 0 aromatic carbocycles. The smallest absolute Gasteiger partial charge is 0.105 e. The van der Waals surface area contributed by atoms with Crippen LogP contribution in [-0.2, 0) is 6.54 Å². The van der Waals surface area contributed by atoms with Crippen LogP contribution in [0.5, 0.6) is 0 Å². The maximum atomic E-state index is 5.82. The predicted molar refractivity (Wildman–Crippen MR) is 69.8 cm³/mol. The van der Waals surface area contributed by atoms with Crippen molar-refractivity contribution in [3.05, 3.63) is 18.2 Å². The van der Waals surface area contributed by atoms with Gasteiger partial charge in [0, 0.05) is 25.5 Å². The molecule has 1 aromatic heterocycles. The fourth-order valence-electron chi connectivity index (χ4n) is 2.41. The third kappa shape index (κ3) is 3.07. The van der Waals surface area contributed by atoms with E-state index in [1.807, 2.05) is 6.20 Å². The lowest BCUT2D eigenvalue weighted by Gasteiger charge is -2.38. The predicted octanol–water partition coefficient (Wildman–Crippen LogP) is 1.25. The summed E-state index contributed by atoms with van der Waals surface area (Å²) < 4.78 is 2.22. The van der Waals surface area contributed by atoms with Crippen LogP contribution >= 0.6 is 0 Å². The van der Waals surface area contributed by atoms with E-state index in [4.69, 9.17) is 5.73 Å². The fourth-order valence-corrected chi connectivity index (χ4v) is 2.41. The molecule has 0 saturated carbocycles. The van der Waals surface area contributed by atoms with Gasteiger partial charge in [-0.15, -0.1) is 0 Å². The third-order valence-electron chi connectivity index (χ3n) is 4.14. The monoisotopic (exact) mass is 236 g/mol. The van der Waals surface area contributed by atoms with E-state index in [1.165, 1.54) is 25.9 Å². The highest BCUT2D eigenvalue weighted by molar-refractivity contribution is 4.89. The Balaban J connectivity index is 1.77. The van der Waals surface area contributed by atoms with Crippen LogP contribution in [0, 0.1) is 12.3 Å². The minimum absolute atomic E-state index is 0.376. The Morgan fingerprint density at radius 2 is 2.06 bits per heavy atom. The lowest BCUT2D eigenvalue weighted by atomic mass is 9.80. The summed E-state index contributed by atoms with van der Waals surface area (Å²) in [6, 6.07) is 0. The molecule has 2 rings (SSSR count). The van der Waals surface area contributed by atoms with Crippen molar-refractivity contribution in [2.24, 2.45) is 11.1 Å². The van der Waals surface area contributed by atoms with E-state index >= 15 is 0 Å². The molecule has 4 heteroatoms. The highest BCUT2D eigenvalue weighted by atomic mass is 15.2. The van der Waals surface area contributed by atoms with Gasteiger partial charge in [0.05, 0.1) is 0 Å². The van der Waals surface area contributed by atoms with Crippen LogP contribution in [0.15, 0.2) is 12.4 Å². The van der Waals surface area contributed by atoms with Gasteiger partial charge in [-0.05, 0) is 44.8 Å². The van der Waals surface area contributed by atoms with Crippen molar-refractivity contribution >= 4 is 0 Å². The van der Waals surface area contributed by atoms with Gasteiger partial charge in [-0.3, -0.25) is 0 Å². The molecule has 96 valence electrons. The molecule has 1 aliphatic heterocycles. The Kier molecular flexibility index (Phi) is 3.84. The van der Waals surface area contributed by atoms with Crippen LogP contribution in [-0.4, -0.2) is 40.6 Å². The molecule has 0 spiro atoms. The molecule has 4 nitrogen and oxygen atoms in total. The van der Waals surface area contributed by atoms with Crippen molar-refractivity contribution in [2.45, 2.75) is 33.2 Å². The Morgan fingerprint density at radius 3 is 2.59 bits per heavy atom. The van der Waals surface area contributed by atoms with Gasteiger partial charge < -0.3 is 15.2 Å². The molecule has 0 aliphatic carbocycles. The molecule has 1 aromatic rings. The first-order valence-electron chi connectivity index (χ1n) is 6.53. The van der Waals surface area contributed by atoms with Crippen molar-refractivity contribution in [3.8, 4) is 0 Å². The first-order chi connectivity index (χ1) is 8.13. The molecule has 0 radical (unpaired) electrons. The molecule has 1 saturated heterocycles. The SMILES string of the molecule is Cc1nccn1CCN1CCC(C)(CN)CC1. The summed E-state index contributed by atoms with van der Waals surface area (Å²) in [7, 11) is 0. The summed E-state index contributed by atoms with van der Waals surface area (Å²) >= 11 is 0. The maximum absolute atomic E-state index is 5.82. The van der Waals surface area contributed by atoms with Gasteiger partial charge >= 0.3 is 0 Å². The van der Waals surface area contributed by atoms with Gasteiger partial charge in [-0.25, -0.2) is 4.98 Å². The van der Waals surface area contributed by atoms with E-state index in [9.17, 15) is 0 Å². The number of likely N-dealkylation sites (tertiary alicyclic amines) is 1. The average molecular weight is 236 g/mol. The van der Waals surface area contributed by atoms with Gasteiger partial charge in [0.25, 0.3) is 0 Å². The number of piperidine rings is 1. The normalized spacial score (nSPS) is 20.6. The van der Waals surface area contributed by atoms with Crippen molar-refractivity contribution in [3.63, 3.8) is 0 Å². The average Bonchev–Trinajstić information content (AvgIpc) is 2.74. The largest absolute Gasteiger partial charge is 0.334 e. The zero-order chi connectivity index (χ0) is 12.3. The Bertz CT molecular complexity index is 350. The second-order valence-electron chi connectivity index (χ2n) is 5.52. The quantitative estimate of drug-likeness (QED) is 0.856. The van der Waals surface area contributed by atoms with Crippen molar-refractivity contribution in [1.82, 2.24) is 14.5 Å². The number of aryl methyl sites for hydroxylation is 1. The van der Waals surface area contributed by atoms with Crippen LogP contribution < -0.4 is 5.73 Å². The second kappa shape index (κ2) is 5.19. The second-order valence-corrected chi connectivity index (χ2v) is 5.52. The highest BCUT2D eigenvalue weighted by Crippen LogP contribution is 2.29. The van der Waals surface area contributed by atoms with Crippen molar-refractivity contribution < 1.29 is 0 Å². The van der Waals surface area contributed by atoms with Gasteiger partial charge in [0.15, 0.2) is 0 Å². The lowest BCUT2D eigenvalue weighted by molar-refractivity contribution is 0.121. The van der Waals surface area contributed by atoms with E-state index in [0.717, 1.165) is 25.5 Å². The van der Waals surface area contributed by atoms with Crippen molar-refractivity contribution in [2.75, 3.05) is 26.2 Å². The molecule has 1 aliphatic rings. The van der Waals surface area contributed by atoms with Gasteiger partial charge in [0.2, 0.25) is 0 Å². The zero-order valence-electron chi connectivity index (χ0n) is 11.0. The molecule has 2 N–H and O–H groups in total. The highest BCUT2D eigenvalue weighted by Gasteiger charge is 2.28. The van der Waals surface area contributed by atoms with Crippen LogP contribution in [0.4, 0.5) is 0 Å². The molecule has 17 heavy (non-hydrogen) atoms. The standard InChI is InChI=1S/C13H24N4/c1-12-15-5-8-17(12)10-9-16-6-3-13(2,11-14)4-7-16/h5,8H,3-4,6-7,9-11,14H2,1-2H3. The van der Waals surface area contributed by atoms with E-state index < -0.39 is 0 Å². The number of hydrogen-bond donors (Lipinski definition) is 1. The summed E-state index contributed by atoms with van der Waals surface area (Å²) in [6.45, 7) is 9.72. The maximum Gasteiger partial charge on any atom is 0.105 e. The summed E-state index contributed by atoms with van der Waals surface area (Å²) in [4.78, 5) is 6.78. The summed E-state index contributed by atoms with van der Waals surface area (Å²) in [5, 5.41) is 0. The number of imidazole rings is 1. The van der Waals surface area contributed by atoms with Crippen LogP contribution in [0.2, 0.25) is 0 Å². The molecule has 0 unspecified atom stereocenters. The van der Waals surface area contributed by atoms with E-state index in [-0.39, 0.29) is 0 Å². The van der Waals surface area contributed by atoms with Crippen LogP contribution in [0.3, 0.4) is 0 Å². The first kappa shape index (κ1) is 12.6. The number of hydrogen-bond acceptors (Lipinski definition) is 3. The van der Waals surface area contributed by atoms with E-state index in [2.05, 4.69) is 34.5 Å². The van der Waals surface area contributed by atoms with E-state index in [0.29, 0.717) is 5.41 Å². The minimum atomic E-state index is 0.376. The molecule has 0 atom stereocenters.